The smallest absolute Gasteiger partial charge is 0.252 e. The first-order valence-corrected chi connectivity index (χ1v) is 6.91. The zero-order chi connectivity index (χ0) is 15.4. The number of ether oxygens (including phenoxy) is 3. The largest absolute Gasteiger partial charge is 0.493 e. The number of hydrogen-bond acceptors (Lipinski definition) is 5. The summed E-state index contributed by atoms with van der Waals surface area (Å²) in [5.74, 6) is 1.94. The van der Waals surface area contributed by atoms with Crippen LogP contribution in [0.5, 0.6) is 17.2 Å². The summed E-state index contributed by atoms with van der Waals surface area (Å²) in [5.41, 5.74) is 1.81. The molecule has 1 N–H and O–H groups in total. The molecule has 21 heavy (non-hydrogen) atoms. The van der Waals surface area contributed by atoms with Crippen molar-refractivity contribution in [3.63, 3.8) is 0 Å². The number of nitrogens with one attached hydrogen (secondary N) is 1. The van der Waals surface area contributed by atoms with Gasteiger partial charge < -0.3 is 19.2 Å². The quantitative estimate of drug-likeness (QED) is 0.833. The van der Waals surface area contributed by atoms with Crippen LogP contribution in [0.25, 0.3) is 11.3 Å². The Bertz CT molecular complexity index is 697. The predicted molar refractivity (Wildman–Crippen MR) is 84.8 cm³/mol. The van der Waals surface area contributed by atoms with E-state index < -0.39 is 0 Å². The van der Waals surface area contributed by atoms with Gasteiger partial charge in [0.2, 0.25) is 5.75 Å². The van der Waals surface area contributed by atoms with Gasteiger partial charge in [0.25, 0.3) is 5.56 Å². The van der Waals surface area contributed by atoms with Crippen LogP contribution in [0.2, 0.25) is 0 Å². The van der Waals surface area contributed by atoms with Crippen molar-refractivity contribution in [1.82, 2.24) is 4.98 Å². The van der Waals surface area contributed by atoms with Crippen LogP contribution in [0.4, 0.5) is 0 Å². The number of aromatic amines is 1. The molecule has 0 unspecified atom stereocenters. The number of thiol groups is 1. The lowest BCUT2D eigenvalue weighted by Crippen LogP contribution is -2.11. The van der Waals surface area contributed by atoms with Gasteiger partial charge in [0, 0.05) is 16.9 Å². The molecule has 6 heteroatoms. The summed E-state index contributed by atoms with van der Waals surface area (Å²) in [6.45, 7) is 0. The molecule has 2 aromatic rings. The molecule has 0 saturated carbocycles. The molecule has 0 atom stereocenters. The van der Waals surface area contributed by atoms with Gasteiger partial charge in [-0.1, -0.05) is 6.07 Å². The third-order valence-electron chi connectivity index (χ3n) is 3.16. The van der Waals surface area contributed by atoms with E-state index in [4.69, 9.17) is 14.2 Å². The third kappa shape index (κ3) is 2.85. The average molecular weight is 307 g/mol. The van der Waals surface area contributed by atoms with Gasteiger partial charge in [0.1, 0.15) is 0 Å². The van der Waals surface area contributed by atoms with E-state index >= 15 is 0 Å². The summed E-state index contributed by atoms with van der Waals surface area (Å²) >= 11 is 4.12. The fourth-order valence-corrected chi connectivity index (χ4v) is 2.35. The molecule has 0 saturated heterocycles. The van der Waals surface area contributed by atoms with E-state index in [0.717, 1.165) is 5.56 Å². The van der Waals surface area contributed by atoms with E-state index in [1.807, 2.05) is 12.1 Å². The fraction of sp³-hybridized carbons (Fsp3) is 0.267. The van der Waals surface area contributed by atoms with Crippen LogP contribution >= 0.6 is 12.6 Å². The Labute approximate surface area is 128 Å². The highest BCUT2D eigenvalue weighted by atomic mass is 32.1. The van der Waals surface area contributed by atoms with Crippen molar-refractivity contribution >= 4 is 12.6 Å². The van der Waals surface area contributed by atoms with E-state index in [1.54, 1.807) is 26.4 Å². The van der Waals surface area contributed by atoms with Crippen LogP contribution in [0.1, 0.15) is 5.56 Å². The summed E-state index contributed by atoms with van der Waals surface area (Å²) < 4.78 is 16.0. The standard InChI is InChI=1S/C15H17NO4S/c1-18-12-7-5-10(13(19-2)14(12)20-3)11-6-4-9(8-21)15(17)16-11/h4-7,21H,8H2,1-3H3,(H,16,17). The summed E-state index contributed by atoms with van der Waals surface area (Å²) in [5, 5.41) is 0. The number of hydrogen-bond donors (Lipinski definition) is 2. The Kier molecular flexibility index (Phi) is 4.80. The second-order valence-electron chi connectivity index (χ2n) is 4.27. The molecule has 2 rings (SSSR count). The number of rotatable bonds is 5. The minimum atomic E-state index is -0.167. The highest BCUT2D eigenvalue weighted by Gasteiger charge is 2.17. The summed E-state index contributed by atoms with van der Waals surface area (Å²) in [6, 6.07) is 7.14. The summed E-state index contributed by atoms with van der Waals surface area (Å²) in [4.78, 5) is 14.7. The van der Waals surface area contributed by atoms with Crippen LogP contribution in [-0.2, 0) is 5.75 Å². The highest BCUT2D eigenvalue weighted by Crippen LogP contribution is 2.43. The molecule has 0 spiro atoms. The Morgan fingerprint density at radius 2 is 1.71 bits per heavy atom. The predicted octanol–water partition coefficient (Wildman–Crippen LogP) is 2.50. The highest BCUT2D eigenvalue weighted by molar-refractivity contribution is 7.79. The molecule has 112 valence electrons. The van der Waals surface area contributed by atoms with Crippen molar-refractivity contribution in [2.75, 3.05) is 21.3 Å². The second-order valence-corrected chi connectivity index (χ2v) is 4.58. The molecule has 1 aromatic carbocycles. The monoisotopic (exact) mass is 307 g/mol. The second kappa shape index (κ2) is 6.58. The molecular weight excluding hydrogens is 290 g/mol. The summed E-state index contributed by atoms with van der Waals surface area (Å²) in [6.07, 6.45) is 0. The number of pyridine rings is 1. The first-order chi connectivity index (χ1) is 10.2. The molecule has 0 radical (unpaired) electrons. The SMILES string of the molecule is COc1ccc(-c2ccc(CS)c(=O)[nH]2)c(OC)c1OC. The molecule has 0 aliphatic heterocycles. The van der Waals surface area contributed by atoms with Crippen molar-refractivity contribution in [2.24, 2.45) is 0 Å². The van der Waals surface area contributed by atoms with Crippen molar-refractivity contribution in [1.29, 1.82) is 0 Å². The number of benzene rings is 1. The zero-order valence-electron chi connectivity index (χ0n) is 12.1. The molecule has 0 bridgehead atoms. The molecule has 0 aliphatic carbocycles. The van der Waals surface area contributed by atoms with Crippen LogP contribution in [0.15, 0.2) is 29.1 Å². The van der Waals surface area contributed by atoms with Crippen LogP contribution in [0, 0.1) is 0 Å². The molecular formula is C15H17NO4S. The van der Waals surface area contributed by atoms with E-state index in [2.05, 4.69) is 17.6 Å². The normalized spacial score (nSPS) is 10.3. The van der Waals surface area contributed by atoms with Crippen molar-refractivity contribution in [2.45, 2.75) is 5.75 Å². The van der Waals surface area contributed by atoms with E-state index in [9.17, 15) is 4.79 Å². The van der Waals surface area contributed by atoms with Crippen molar-refractivity contribution < 1.29 is 14.2 Å². The van der Waals surface area contributed by atoms with E-state index in [-0.39, 0.29) is 5.56 Å². The summed E-state index contributed by atoms with van der Waals surface area (Å²) in [7, 11) is 4.64. The third-order valence-corrected chi connectivity index (χ3v) is 3.50. The molecule has 0 amide bonds. The minimum Gasteiger partial charge on any atom is -0.493 e. The minimum absolute atomic E-state index is 0.167. The maximum atomic E-state index is 11.9. The fourth-order valence-electron chi connectivity index (χ4n) is 2.10. The zero-order valence-corrected chi connectivity index (χ0v) is 13.0. The van der Waals surface area contributed by atoms with Gasteiger partial charge in [-0.25, -0.2) is 0 Å². The first-order valence-electron chi connectivity index (χ1n) is 6.28. The Balaban J connectivity index is 2.63. The molecule has 0 aliphatic rings. The molecule has 0 fully saturated rings. The maximum Gasteiger partial charge on any atom is 0.252 e. The lowest BCUT2D eigenvalue weighted by atomic mass is 10.1. The lowest BCUT2D eigenvalue weighted by Gasteiger charge is -2.15. The average Bonchev–Trinajstić information content (AvgIpc) is 2.52. The number of aromatic nitrogens is 1. The lowest BCUT2D eigenvalue weighted by molar-refractivity contribution is 0.325. The van der Waals surface area contributed by atoms with E-state index in [1.165, 1.54) is 7.11 Å². The molecule has 5 nitrogen and oxygen atoms in total. The van der Waals surface area contributed by atoms with E-state index in [0.29, 0.717) is 34.3 Å². The van der Waals surface area contributed by atoms with Gasteiger partial charge in [-0.3, -0.25) is 4.79 Å². The van der Waals surface area contributed by atoms with Crippen molar-refractivity contribution in [3.8, 4) is 28.5 Å². The molecule has 1 heterocycles. The first kappa shape index (κ1) is 15.3. The van der Waals surface area contributed by atoms with Gasteiger partial charge in [-0.05, 0) is 18.2 Å². The number of H-pyrrole nitrogens is 1. The topological polar surface area (TPSA) is 60.6 Å². The van der Waals surface area contributed by atoms with Gasteiger partial charge in [0.05, 0.1) is 27.0 Å². The van der Waals surface area contributed by atoms with Gasteiger partial charge in [-0.2, -0.15) is 12.6 Å². The van der Waals surface area contributed by atoms with Gasteiger partial charge >= 0.3 is 0 Å². The maximum absolute atomic E-state index is 11.9. The van der Waals surface area contributed by atoms with Gasteiger partial charge in [0.15, 0.2) is 11.5 Å². The Morgan fingerprint density at radius 1 is 1.00 bits per heavy atom. The molecule has 1 aromatic heterocycles. The Hall–Kier alpha value is -2.08. The Morgan fingerprint density at radius 3 is 2.24 bits per heavy atom. The van der Waals surface area contributed by atoms with Crippen LogP contribution < -0.4 is 19.8 Å². The van der Waals surface area contributed by atoms with Crippen LogP contribution in [0.3, 0.4) is 0 Å². The van der Waals surface area contributed by atoms with Crippen LogP contribution in [-0.4, -0.2) is 26.3 Å². The number of methoxy groups -OCH3 is 3. The van der Waals surface area contributed by atoms with Crippen molar-refractivity contribution in [3.05, 3.63) is 40.2 Å². The van der Waals surface area contributed by atoms with Gasteiger partial charge in [-0.15, -0.1) is 0 Å².